The van der Waals surface area contributed by atoms with Crippen LogP contribution in [-0.4, -0.2) is 27.0 Å². The number of rotatable bonds is 5. The molecule has 0 aliphatic heterocycles. The van der Waals surface area contributed by atoms with Gasteiger partial charge in [-0.25, -0.2) is 4.98 Å². The predicted octanol–water partition coefficient (Wildman–Crippen LogP) is 1.72. The van der Waals surface area contributed by atoms with E-state index in [0.717, 1.165) is 5.69 Å². The molecule has 0 saturated heterocycles. The molecule has 0 aromatic carbocycles. The van der Waals surface area contributed by atoms with Crippen LogP contribution in [0.15, 0.2) is 22.9 Å². The summed E-state index contributed by atoms with van der Waals surface area (Å²) in [6.45, 7) is 4.11. The van der Waals surface area contributed by atoms with Gasteiger partial charge in [0.2, 0.25) is 0 Å². The van der Waals surface area contributed by atoms with Crippen molar-refractivity contribution in [3.63, 3.8) is 0 Å². The Kier molecular flexibility index (Phi) is 3.76. The van der Waals surface area contributed by atoms with E-state index >= 15 is 0 Å². The molecule has 0 bridgehead atoms. The maximum absolute atomic E-state index is 10.0. The summed E-state index contributed by atoms with van der Waals surface area (Å²) in [6.07, 6.45) is 2.94. The molecule has 1 fully saturated rings. The minimum Gasteiger partial charge on any atom is -0.382 e. The molecular weight excluding hydrogens is 304 g/mol. The Hall–Kier alpha value is -1.76. The van der Waals surface area contributed by atoms with Crippen molar-refractivity contribution in [3.05, 3.63) is 40.5 Å². The topological polar surface area (TPSA) is 99.6 Å². The predicted molar refractivity (Wildman–Crippen MR) is 81.5 cm³/mol. The first kappa shape index (κ1) is 15.1. The van der Waals surface area contributed by atoms with Gasteiger partial charge in [0.25, 0.3) is 0 Å². The number of hydrogen-bond acceptors (Lipinski definition) is 5. The van der Waals surface area contributed by atoms with Gasteiger partial charge in [0.15, 0.2) is 5.76 Å². The molecule has 2 aromatic heterocycles. The van der Waals surface area contributed by atoms with Crippen LogP contribution in [0.5, 0.6) is 0 Å². The largest absolute Gasteiger partial charge is 0.382 e. The molecule has 0 spiro atoms. The van der Waals surface area contributed by atoms with Gasteiger partial charge in [0.1, 0.15) is 22.1 Å². The highest BCUT2D eigenvalue weighted by atomic mass is 35.5. The lowest BCUT2D eigenvalue weighted by molar-refractivity contribution is -0.603. The maximum Gasteiger partial charge on any atom is 0.168 e. The molecule has 0 radical (unpaired) electrons. The van der Waals surface area contributed by atoms with E-state index in [0.29, 0.717) is 35.9 Å². The van der Waals surface area contributed by atoms with Crippen molar-refractivity contribution >= 4 is 23.0 Å². The molecule has 7 heteroatoms. The lowest BCUT2D eigenvalue weighted by atomic mass is 10.1. The number of nitrogens with one attached hydrogen (secondary N) is 1. The minimum absolute atomic E-state index is 0.143. The van der Waals surface area contributed by atoms with E-state index < -0.39 is 5.60 Å². The standard InChI is InChI=1S/C15H17ClN4O2/c1-8(2)19-9-3-6-18-14(16)12(9)13(17)10-7-11(22-20-10)15(21)4-5-15/h3,6-8,17,21H,4-5H2,1-2H3,(H,18,19)/p+1. The number of aliphatic hydroxyl groups is 1. The number of nitrogens with zero attached hydrogens (tertiary/aromatic N) is 2. The highest BCUT2D eigenvalue weighted by Crippen LogP contribution is 2.45. The van der Waals surface area contributed by atoms with E-state index in [2.05, 4.69) is 24.0 Å². The normalized spacial score (nSPS) is 16.0. The Bertz CT molecular complexity index is 722. The molecule has 22 heavy (non-hydrogen) atoms. The van der Waals surface area contributed by atoms with Crippen molar-refractivity contribution in [2.75, 3.05) is 0 Å². The van der Waals surface area contributed by atoms with E-state index in [1.54, 1.807) is 12.3 Å². The first-order valence-electron chi connectivity index (χ1n) is 7.19. The van der Waals surface area contributed by atoms with Crippen molar-refractivity contribution in [1.29, 1.82) is 5.41 Å². The van der Waals surface area contributed by atoms with Gasteiger partial charge in [-0.15, -0.1) is 0 Å². The third kappa shape index (κ3) is 2.77. The molecule has 0 amide bonds. The zero-order valence-corrected chi connectivity index (χ0v) is 13.2. The van der Waals surface area contributed by atoms with Crippen LogP contribution in [-0.2, 0) is 5.60 Å². The molecule has 3 rings (SSSR count). The van der Waals surface area contributed by atoms with Crippen LogP contribution in [0.25, 0.3) is 0 Å². The Morgan fingerprint density at radius 3 is 2.86 bits per heavy atom. The van der Waals surface area contributed by atoms with E-state index in [9.17, 15) is 5.11 Å². The molecule has 0 atom stereocenters. The summed E-state index contributed by atoms with van der Waals surface area (Å²) < 4.78 is 5.18. The molecule has 6 nitrogen and oxygen atoms in total. The zero-order chi connectivity index (χ0) is 15.9. The lowest BCUT2D eigenvalue weighted by Gasteiger charge is -2.10. The van der Waals surface area contributed by atoms with Gasteiger partial charge in [0.05, 0.1) is 17.3 Å². The van der Waals surface area contributed by atoms with Gasteiger partial charge in [-0.05, 0) is 26.7 Å². The van der Waals surface area contributed by atoms with E-state index in [-0.39, 0.29) is 10.9 Å². The number of halogens is 1. The fourth-order valence-electron chi connectivity index (χ4n) is 2.30. The summed E-state index contributed by atoms with van der Waals surface area (Å²) in [4.78, 5) is 4.06. The number of pyridine rings is 1. The van der Waals surface area contributed by atoms with Crippen LogP contribution in [0.4, 0.5) is 5.69 Å². The Balaban J connectivity index is 1.96. The van der Waals surface area contributed by atoms with Crippen molar-refractivity contribution in [2.24, 2.45) is 0 Å². The Morgan fingerprint density at radius 2 is 2.23 bits per heavy atom. The fourth-order valence-corrected chi connectivity index (χ4v) is 2.56. The molecule has 116 valence electrons. The van der Waals surface area contributed by atoms with Crippen LogP contribution in [0.1, 0.15) is 43.7 Å². The lowest BCUT2D eigenvalue weighted by Crippen LogP contribution is -2.83. The zero-order valence-electron chi connectivity index (χ0n) is 12.4. The van der Waals surface area contributed by atoms with Gasteiger partial charge >= 0.3 is 0 Å². The monoisotopic (exact) mass is 321 g/mol. The number of quaternary nitrogens is 1. The molecule has 1 aliphatic carbocycles. The Morgan fingerprint density at radius 1 is 1.50 bits per heavy atom. The van der Waals surface area contributed by atoms with Crippen LogP contribution >= 0.6 is 11.6 Å². The van der Waals surface area contributed by atoms with E-state index in [4.69, 9.17) is 21.5 Å². The second kappa shape index (κ2) is 5.46. The average Bonchev–Trinajstić information content (AvgIpc) is 3.02. The van der Waals surface area contributed by atoms with Gasteiger partial charge in [-0.1, -0.05) is 16.8 Å². The van der Waals surface area contributed by atoms with Crippen molar-refractivity contribution in [1.82, 2.24) is 10.1 Å². The van der Waals surface area contributed by atoms with Crippen LogP contribution < -0.4 is 5.32 Å². The number of hydrogen-bond donors (Lipinski definition) is 3. The summed E-state index contributed by atoms with van der Waals surface area (Å²) in [5.41, 5.74) is 0.958. The van der Waals surface area contributed by atoms with Crippen molar-refractivity contribution in [2.45, 2.75) is 38.3 Å². The second-order valence-corrected chi connectivity index (χ2v) is 6.32. The third-order valence-corrected chi connectivity index (χ3v) is 3.93. The second-order valence-electron chi connectivity index (χ2n) is 5.96. The first-order valence-corrected chi connectivity index (χ1v) is 7.57. The van der Waals surface area contributed by atoms with E-state index in [1.165, 1.54) is 0 Å². The van der Waals surface area contributed by atoms with Crippen LogP contribution in [0.3, 0.4) is 0 Å². The van der Waals surface area contributed by atoms with Crippen LogP contribution in [0.2, 0.25) is 5.15 Å². The quantitative estimate of drug-likeness (QED) is 0.576. The maximum atomic E-state index is 10.0. The summed E-state index contributed by atoms with van der Waals surface area (Å²) in [5.74, 6) is 0.404. The van der Waals surface area contributed by atoms with Crippen molar-refractivity contribution < 1.29 is 14.9 Å². The third-order valence-electron chi connectivity index (χ3n) is 3.65. The molecule has 1 saturated carbocycles. The molecule has 2 heterocycles. The van der Waals surface area contributed by atoms with Gasteiger partial charge in [-0.2, -0.15) is 0 Å². The summed E-state index contributed by atoms with van der Waals surface area (Å²) in [7, 11) is 0. The Labute approximate surface area is 133 Å². The summed E-state index contributed by atoms with van der Waals surface area (Å²) >= 11 is 6.19. The van der Waals surface area contributed by atoms with Crippen molar-refractivity contribution in [3.8, 4) is 0 Å². The van der Waals surface area contributed by atoms with E-state index in [1.807, 2.05) is 11.4 Å². The number of aromatic nitrogens is 2. The highest BCUT2D eigenvalue weighted by molar-refractivity contribution is 6.34. The summed E-state index contributed by atoms with van der Waals surface area (Å²) in [5, 5.41) is 24.6. The molecule has 4 N–H and O–H groups in total. The molecule has 0 unspecified atom stereocenters. The molecular formula is C15H18ClN4O2+. The first-order chi connectivity index (χ1) is 10.4. The van der Waals surface area contributed by atoms with Gasteiger partial charge in [-0.3, -0.25) is 5.41 Å². The van der Waals surface area contributed by atoms with Gasteiger partial charge < -0.3 is 14.9 Å². The summed E-state index contributed by atoms with van der Waals surface area (Å²) in [6, 6.07) is 3.74. The SMILES string of the molecule is CC(C)[NH2+]c1ccnc(Cl)c1C(=N)c1cc(C2(O)CC2)on1. The van der Waals surface area contributed by atoms with Gasteiger partial charge in [0, 0.05) is 18.3 Å². The number of nitrogens with two attached hydrogens (primary N) is 1. The molecule has 2 aromatic rings. The fraction of sp³-hybridized carbons (Fsp3) is 0.400. The smallest absolute Gasteiger partial charge is 0.168 e. The van der Waals surface area contributed by atoms with Crippen LogP contribution in [0, 0.1) is 5.41 Å². The average molecular weight is 322 g/mol. The highest BCUT2D eigenvalue weighted by Gasteiger charge is 2.46. The molecule has 1 aliphatic rings. The minimum atomic E-state index is -0.906.